The minimum absolute atomic E-state index is 0.512. The summed E-state index contributed by atoms with van der Waals surface area (Å²) >= 11 is 0. The van der Waals surface area contributed by atoms with Crippen molar-refractivity contribution >= 4 is 23.3 Å². The SMILES string of the molecule is O=C(O)C1C(=O)C(=O)N(c2ccccc2)C1c1ccccc1. The van der Waals surface area contributed by atoms with Gasteiger partial charge >= 0.3 is 5.97 Å². The fourth-order valence-electron chi connectivity index (χ4n) is 2.78. The molecule has 0 radical (unpaired) electrons. The number of Topliss-reactive ketones (excluding diaryl/α,β-unsaturated/α-hetero) is 1. The van der Waals surface area contributed by atoms with E-state index in [-0.39, 0.29) is 0 Å². The summed E-state index contributed by atoms with van der Waals surface area (Å²) in [5.41, 5.74) is 1.14. The van der Waals surface area contributed by atoms with E-state index in [0.717, 1.165) is 0 Å². The van der Waals surface area contributed by atoms with Gasteiger partial charge in [0.2, 0.25) is 5.78 Å². The number of para-hydroxylation sites is 1. The van der Waals surface area contributed by atoms with Gasteiger partial charge in [-0.15, -0.1) is 0 Å². The number of carboxylic acids is 1. The Labute approximate surface area is 126 Å². The summed E-state index contributed by atoms with van der Waals surface area (Å²) in [4.78, 5) is 37.3. The number of nitrogens with zero attached hydrogens (tertiary/aromatic N) is 1. The van der Waals surface area contributed by atoms with Crippen LogP contribution in [-0.2, 0) is 14.4 Å². The van der Waals surface area contributed by atoms with E-state index in [4.69, 9.17) is 0 Å². The van der Waals surface area contributed by atoms with Crippen molar-refractivity contribution in [1.82, 2.24) is 0 Å². The van der Waals surface area contributed by atoms with E-state index < -0.39 is 29.6 Å². The van der Waals surface area contributed by atoms with Gasteiger partial charge in [0, 0.05) is 5.69 Å². The molecular weight excluding hydrogens is 282 g/mol. The van der Waals surface area contributed by atoms with Crippen molar-refractivity contribution in [2.24, 2.45) is 5.92 Å². The summed E-state index contributed by atoms with van der Waals surface area (Å²) < 4.78 is 0. The van der Waals surface area contributed by atoms with Crippen molar-refractivity contribution in [2.75, 3.05) is 4.90 Å². The number of anilines is 1. The molecule has 0 saturated carbocycles. The van der Waals surface area contributed by atoms with Crippen LogP contribution in [0.4, 0.5) is 5.69 Å². The van der Waals surface area contributed by atoms with Crippen LogP contribution < -0.4 is 4.90 Å². The molecule has 0 bridgehead atoms. The van der Waals surface area contributed by atoms with Crippen molar-refractivity contribution < 1.29 is 19.5 Å². The highest BCUT2D eigenvalue weighted by Crippen LogP contribution is 2.39. The molecule has 2 aromatic rings. The second kappa shape index (κ2) is 5.44. The summed E-state index contributed by atoms with van der Waals surface area (Å²) in [5, 5.41) is 9.40. The third kappa shape index (κ3) is 2.16. The third-order valence-electron chi connectivity index (χ3n) is 3.75. The maximum atomic E-state index is 12.3. The van der Waals surface area contributed by atoms with Crippen molar-refractivity contribution in [3.05, 3.63) is 66.2 Å². The Kier molecular flexibility index (Phi) is 3.47. The second-order valence-electron chi connectivity index (χ2n) is 5.05. The van der Waals surface area contributed by atoms with Crippen LogP contribution in [0.2, 0.25) is 0 Å². The number of hydrogen-bond donors (Lipinski definition) is 1. The highest BCUT2D eigenvalue weighted by Gasteiger charge is 2.52. The summed E-state index contributed by atoms with van der Waals surface area (Å²) in [6.45, 7) is 0. The van der Waals surface area contributed by atoms with Gasteiger partial charge in [0.15, 0.2) is 0 Å². The first-order valence-corrected chi connectivity index (χ1v) is 6.81. The number of carbonyl (C=O) groups excluding carboxylic acids is 2. The molecule has 110 valence electrons. The van der Waals surface area contributed by atoms with E-state index in [9.17, 15) is 19.5 Å². The summed E-state index contributed by atoms with van der Waals surface area (Å²) in [6.07, 6.45) is 0. The summed E-state index contributed by atoms with van der Waals surface area (Å²) in [5.74, 6) is -4.35. The van der Waals surface area contributed by atoms with Crippen LogP contribution in [0.5, 0.6) is 0 Å². The zero-order valence-electron chi connectivity index (χ0n) is 11.5. The molecule has 1 N–H and O–H groups in total. The average Bonchev–Trinajstić information content (AvgIpc) is 2.81. The molecule has 3 rings (SSSR count). The second-order valence-corrected chi connectivity index (χ2v) is 5.05. The summed E-state index contributed by atoms with van der Waals surface area (Å²) in [7, 11) is 0. The number of ketones is 1. The van der Waals surface area contributed by atoms with Gasteiger partial charge < -0.3 is 5.11 Å². The molecule has 1 fully saturated rings. The van der Waals surface area contributed by atoms with Crippen LogP contribution in [-0.4, -0.2) is 22.8 Å². The van der Waals surface area contributed by atoms with Gasteiger partial charge in [-0.1, -0.05) is 48.5 Å². The molecule has 5 nitrogen and oxygen atoms in total. The standard InChI is InChI=1S/C17H13NO4/c19-15-13(17(21)22)14(11-7-3-1-4-8-11)18(16(15)20)12-9-5-2-6-10-12/h1-10,13-14H,(H,21,22). The molecule has 2 unspecified atom stereocenters. The Bertz CT molecular complexity index is 727. The van der Waals surface area contributed by atoms with Gasteiger partial charge in [-0.3, -0.25) is 19.3 Å². The number of benzene rings is 2. The van der Waals surface area contributed by atoms with Gasteiger partial charge in [0.05, 0.1) is 6.04 Å². The van der Waals surface area contributed by atoms with Crippen LogP contribution in [0.15, 0.2) is 60.7 Å². The Morgan fingerprint density at radius 2 is 1.45 bits per heavy atom. The van der Waals surface area contributed by atoms with Crippen molar-refractivity contribution in [3.63, 3.8) is 0 Å². The lowest BCUT2D eigenvalue weighted by molar-refractivity contribution is -0.147. The number of carbonyl (C=O) groups is 3. The molecule has 1 aliphatic heterocycles. The fraction of sp³-hybridized carbons (Fsp3) is 0.118. The summed E-state index contributed by atoms with van der Waals surface area (Å²) in [6, 6.07) is 16.6. The first kappa shape index (κ1) is 14.0. The van der Waals surface area contributed by atoms with E-state index >= 15 is 0 Å². The minimum atomic E-state index is -1.39. The number of amides is 1. The highest BCUT2D eigenvalue weighted by atomic mass is 16.4. The zero-order chi connectivity index (χ0) is 15.7. The monoisotopic (exact) mass is 295 g/mol. The van der Waals surface area contributed by atoms with E-state index in [1.807, 2.05) is 0 Å². The molecule has 0 spiro atoms. The lowest BCUT2D eigenvalue weighted by atomic mass is 9.93. The maximum Gasteiger partial charge on any atom is 0.317 e. The largest absolute Gasteiger partial charge is 0.481 e. The Morgan fingerprint density at radius 3 is 2.00 bits per heavy atom. The number of rotatable bonds is 3. The quantitative estimate of drug-likeness (QED) is 0.694. The van der Waals surface area contributed by atoms with Crippen LogP contribution in [0, 0.1) is 5.92 Å². The molecule has 1 heterocycles. The van der Waals surface area contributed by atoms with Crippen LogP contribution in [0.3, 0.4) is 0 Å². The highest BCUT2D eigenvalue weighted by molar-refractivity contribution is 6.47. The van der Waals surface area contributed by atoms with Crippen molar-refractivity contribution in [2.45, 2.75) is 6.04 Å². The molecule has 2 atom stereocenters. The first-order chi connectivity index (χ1) is 10.6. The van der Waals surface area contributed by atoms with E-state index in [1.165, 1.54) is 4.90 Å². The molecule has 0 aliphatic carbocycles. The van der Waals surface area contributed by atoms with Crippen molar-refractivity contribution in [1.29, 1.82) is 0 Å². The predicted molar refractivity (Wildman–Crippen MR) is 79.2 cm³/mol. The molecular formula is C17H13NO4. The van der Waals surface area contributed by atoms with E-state index in [0.29, 0.717) is 11.3 Å². The van der Waals surface area contributed by atoms with Crippen LogP contribution >= 0.6 is 0 Å². The van der Waals surface area contributed by atoms with E-state index in [2.05, 4.69) is 0 Å². The number of aliphatic carboxylic acids is 1. The molecule has 1 saturated heterocycles. The predicted octanol–water partition coefficient (Wildman–Crippen LogP) is 2.04. The normalized spacial score (nSPS) is 21.2. The minimum Gasteiger partial charge on any atom is -0.481 e. The Morgan fingerprint density at radius 1 is 0.909 bits per heavy atom. The van der Waals surface area contributed by atoms with Gasteiger partial charge in [0.1, 0.15) is 5.92 Å². The molecule has 1 aliphatic rings. The molecule has 2 aromatic carbocycles. The number of carboxylic acid groups (broad SMARTS) is 1. The van der Waals surface area contributed by atoms with Gasteiger partial charge in [-0.2, -0.15) is 0 Å². The topological polar surface area (TPSA) is 74.7 Å². The zero-order valence-corrected chi connectivity index (χ0v) is 11.5. The third-order valence-corrected chi connectivity index (χ3v) is 3.75. The van der Waals surface area contributed by atoms with E-state index in [1.54, 1.807) is 60.7 Å². The molecule has 5 heteroatoms. The average molecular weight is 295 g/mol. The molecule has 22 heavy (non-hydrogen) atoms. The van der Waals surface area contributed by atoms with Crippen LogP contribution in [0.1, 0.15) is 11.6 Å². The molecule has 1 amide bonds. The van der Waals surface area contributed by atoms with Gasteiger partial charge in [-0.25, -0.2) is 0 Å². The Hall–Kier alpha value is -2.95. The van der Waals surface area contributed by atoms with Gasteiger partial charge in [0.25, 0.3) is 5.91 Å². The van der Waals surface area contributed by atoms with Crippen molar-refractivity contribution in [3.8, 4) is 0 Å². The van der Waals surface area contributed by atoms with Gasteiger partial charge in [-0.05, 0) is 17.7 Å². The lowest BCUT2D eigenvalue weighted by Crippen LogP contribution is -2.30. The smallest absolute Gasteiger partial charge is 0.317 e. The fourth-order valence-corrected chi connectivity index (χ4v) is 2.78. The first-order valence-electron chi connectivity index (χ1n) is 6.81. The maximum absolute atomic E-state index is 12.3. The lowest BCUT2D eigenvalue weighted by Gasteiger charge is -2.26. The number of hydrogen-bond acceptors (Lipinski definition) is 3. The Balaban J connectivity index is 2.16. The van der Waals surface area contributed by atoms with Crippen LogP contribution in [0.25, 0.3) is 0 Å². The molecule has 0 aromatic heterocycles.